The Morgan fingerprint density at radius 3 is 2.18 bits per heavy atom. The van der Waals surface area contributed by atoms with E-state index in [-0.39, 0.29) is 42.6 Å². The highest BCUT2D eigenvalue weighted by molar-refractivity contribution is 5.80. The number of ketones is 1. The minimum atomic E-state index is -0.586. The van der Waals surface area contributed by atoms with Crippen molar-refractivity contribution < 1.29 is 39.1 Å². The number of aliphatic hydroxyl groups excluding tert-OH is 1. The monoisotopic (exact) mass is 474 g/mol. The van der Waals surface area contributed by atoms with Crippen LogP contribution in [0.2, 0.25) is 0 Å². The van der Waals surface area contributed by atoms with Crippen molar-refractivity contribution in [2.24, 2.45) is 0 Å². The number of methoxy groups -OCH3 is 2. The van der Waals surface area contributed by atoms with Gasteiger partial charge in [0.25, 0.3) is 0 Å². The number of esters is 1. The van der Waals surface area contributed by atoms with E-state index < -0.39 is 12.1 Å². The van der Waals surface area contributed by atoms with E-state index in [1.54, 1.807) is 24.3 Å². The molecule has 34 heavy (non-hydrogen) atoms. The number of aromatic hydroxyl groups is 2. The number of phenols is 2. The SMILES string of the molecule is COc1cc(CCC(CC(=O)CC(CCCO)c2ccc(O)c(OC)c2)OC(C)=O)ccc1O. The highest BCUT2D eigenvalue weighted by Crippen LogP contribution is 2.34. The lowest BCUT2D eigenvalue weighted by atomic mass is 9.88. The van der Waals surface area contributed by atoms with Gasteiger partial charge in [-0.3, -0.25) is 9.59 Å². The molecule has 2 aromatic carbocycles. The van der Waals surface area contributed by atoms with E-state index in [0.29, 0.717) is 37.2 Å². The largest absolute Gasteiger partial charge is 0.504 e. The predicted octanol–water partition coefficient (Wildman–Crippen LogP) is 3.88. The highest BCUT2D eigenvalue weighted by Gasteiger charge is 2.22. The summed E-state index contributed by atoms with van der Waals surface area (Å²) in [6.45, 7) is 1.32. The lowest BCUT2D eigenvalue weighted by Gasteiger charge is -2.20. The van der Waals surface area contributed by atoms with Gasteiger partial charge in [0.05, 0.1) is 14.2 Å². The zero-order chi connectivity index (χ0) is 25.1. The van der Waals surface area contributed by atoms with Gasteiger partial charge < -0.3 is 29.5 Å². The molecular formula is C26H34O8. The van der Waals surface area contributed by atoms with Crippen LogP contribution in [0.25, 0.3) is 0 Å². The van der Waals surface area contributed by atoms with Crippen LogP contribution in [0.3, 0.4) is 0 Å². The van der Waals surface area contributed by atoms with Gasteiger partial charge in [-0.25, -0.2) is 0 Å². The predicted molar refractivity (Wildman–Crippen MR) is 126 cm³/mol. The molecule has 0 saturated carbocycles. The molecule has 0 aromatic heterocycles. The van der Waals surface area contributed by atoms with Gasteiger partial charge in [-0.1, -0.05) is 12.1 Å². The van der Waals surface area contributed by atoms with Crippen molar-refractivity contribution in [2.75, 3.05) is 20.8 Å². The number of phenolic OH excluding ortho intramolecular Hbond substituents is 2. The van der Waals surface area contributed by atoms with Crippen molar-refractivity contribution >= 4 is 11.8 Å². The molecule has 186 valence electrons. The van der Waals surface area contributed by atoms with Gasteiger partial charge in [-0.15, -0.1) is 0 Å². The molecule has 0 amide bonds. The molecule has 0 aliphatic carbocycles. The number of carbonyl (C=O) groups is 2. The van der Waals surface area contributed by atoms with Crippen LogP contribution in [0.1, 0.15) is 56.1 Å². The molecule has 8 nitrogen and oxygen atoms in total. The molecule has 0 heterocycles. The van der Waals surface area contributed by atoms with E-state index >= 15 is 0 Å². The quantitative estimate of drug-likeness (QED) is 0.353. The molecule has 2 unspecified atom stereocenters. The number of hydrogen-bond acceptors (Lipinski definition) is 8. The number of aliphatic hydroxyl groups is 1. The second-order valence-corrected chi connectivity index (χ2v) is 8.22. The average Bonchev–Trinajstić information content (AvgIpc) is 2.81. The maximum Gasteiger partial charge on any atom is 0.302 e. The lowest BCUT2D eigenvalue weighted by molar-refractivity contribution is -0.147. The fourth-order valence-electron chi connectivity index (χ4n) is 3.93. The Hall–Kier alpha value is -3.26. The molecule has 0 aliphatic heterocycles. The summed E-state index contributed by atoms with van der Waals surface area (Å²) in [5, 5.41) is 28.9. The van der Waals surface area contributed by atoms with Crippen LogP contribution < -0.4 is 9.47 Å². The first-order chi connectivity index (χ1) is 16.3. The third kappa shape index (κ3) is 8.26. The maximum absolute atomic E-state index is 13.0. The van der Waals surface area contributed by atoms with Gasteiger partial charge in [0.15, 0.2) is 23.0 Å². The fourth-order valence-corrected chi connectivity index (χ4v) is 3.93. The van der Waals surface area contributed by atoms with Gasteiger partial charge in [-0.05, 0) is 67.0 Å². The van der Waals surface area contributed by atoms with E-state index in [4.69, 9.17) is 14.2 Å². The Balaban J connectivity index is 2.09. The topological polar surface area (TPSA) is 123 Å². The molecule has 0 fully saturated rings. The van der Waals surface area contributed by atoms with Crippen molar-refractivity contribution in [3.8, 4) is 23.0 Å². The number of carbonyl (C=O) groups excluding carboxylic acids is 2. The second-order valence-electron chi connectivity index (χ2n) is 8.22. The molecule has 2 aromatic rings. The average molecular weight is 475 g/mol. The summed E-state index contributed by atoms with van der Waals surface area (Å²) in [4.78, 5) is 24.6. The van der Waals surface area contributed by atoms with Crippen LogP contribution in [0, 0.1) is 0 Å². The summed E-state index contributed by atoms with van der Waals surface area (Å²) in [5.74, 6) is 0.0333. The minimum absolute atomic E-state index is 0.00603. The van der Waals surface area contributed by atoms with Crippen LogP contribution in [-0.4, -0.2) is 54.0 Å². The zero-order valence-corrected chi connectivity index (χ0v) is 20.0. The van der Waals surface area contributed by atoms with E-state index in [1.807, 2.05) is 0 Å². The van der Waals surface area contributed by atoms with E-state index in [9.17, 15) is 24.9 Å². The Labute approximate surface area is 200 Å². The van der Waals surface area contributed by atoms with E-state index in [2.05, 4.69) is 0 Å². The van der Waals surface area contributed by atoms with Crippen molar-refractivity contribution in [3.63, 3.8) is 0 Å². The summed E-state index contributed by atoms with van der Waals surface area (Å²) < 4.78 is 15.7. The van der Waals surface area contributed by atoms with Gasteiger partial charge in [-0.2, -0.15) is 0 Å². The molecule has 0 radical (unpaired) electrons. The molecule has 3 N–H and O–H groups in total. The van der Waals surface area contributed by atoms with Gasteiger partial charge >= 0.3 is 5.97 Å². The Bertz CT molecular complexity index is 956. The highest BCUT2D eigenvalue weighted by atomic mass is 16.5. The third-order valence-electron chi connectivity index (χ3n) is 5.65. The van der Waals surface area contributed by atoms with Crippen LogP contribution in [-0.2, 0) is 20.7 Å². The molecule has 0 spiro atoms. The summed E-state index contributed by atoms with van der Waals surface area (Å²) in [7, 11) is 2.93. The van der Waals surface area contributed by atoms with Crippen molar-refractivity contribution in [1.29, 1.82) is 0 Å². The first kappa shape index (κ1) is 27.0. The van der Waals surface area contributed by atoms with E-state index in [0.717, 1.165) is 11.1 Å². The molecular weight excluding hydrogens is 440 g/mol. The van der Waals surface area contributed by atoms with Crippen LogP contribution in [0.5, 0.6) is 23.0 Å². The standard InChI is InChI=1S/C26H34O8/c1-17(28)34-22(9-6-18-7-10-23(30)25(13-18)32-2)16-21(29)14-19(5-4-12-27)20-8-11-24(31)26(15-20)33-3/h7-8,10-11,13,15,19,22,27,30-31H,4-6,9,12,14,16H2,1-3H3. The first-order valence-corrected chi connectivity index (χ1v) is 11.3. The van der Waals surface area contributed by atoms with E-state index in [1.165, 1.54) is 33.3 Å². The Morgan fingerprint density at radius 1 is 0.912 bits per heavy atom. The minimum Gasteiger partial charge on any atom is -0.504 e. The zero-order valence-electron chi connectivity index (χ0n) is 20.0. The van der Waals surface area contributed by atoms with Crippen LogP contribution >= 0.6 is 0 Å². The molecule has 2 rings (SSSR count). The molecule has 8 heteroatoms. The summed E-state index contributed by atoms with van der Waals surface area (Å²) in [5.41, 5.74) is 1.72. The molecule has 0 aliphatic rings. The number of hydrogen-bond donors (Lipinski definition) is 3. The van der Waals surface area contributed by atoms with Crippen molar-refractivity contribution in [2.45, 2.75) is 57.5 Å². The maximum atomic E-state index is 13.0. The molecule has 0 saturated heterocycles. The van der Waals surface area contributed by atoms with Gasteiger partial charge in [0.1, 0.15) is 11.9 Å². The van der Waals surface area contributed by atoms with Crippen LogP contribution in [0.4, 0.5) is 0 Å². The Kier molecular flexibility index (Phi) is 10.7. The van der Waals surface area contributed by atoms with Gasteiger partial charge in [0, 0.05) is 26.4 Å². The lowest BCUT2D eigenvalue weighted by Crippen LogP contribution is -2.22. The smallest absolute Gasteiger partial charge is 0.302 e. The molecule has 0 bridgehead atoms. The van der Waals surface area contributed by atoms with Crippen molar-refractivity contribution in [3.05, 3.63) is 47.5 Å². The van der Waals surface area contributed by atoms with Crippen molar-refractivity contribution in [1.82, 2.24) is 0 Å². The number of Topliss-reactive ketones (excluding diaryl/α,β-unsaturated/α-hetero) is 1. The number of rotatable bonds is 14. The first-order valence-electron chi connectivity index (χ1n) is 11.3. The fraction of sp³-hybridized carbons (Fsp3) is 0.462. The number of ether oxygens (including phenoxy) is 3. The summed E-state index contributed by atoms with van der Waals surface area (Å²) in [6.07, 6.45) is 1.77. The van der Waals surface area contributed by atoms with Crippen LogP contribution in [0.15, 0.2) is 36.4 Å². The number of aryl methyl sites for hydroxylation is 1. The normalized spacial score (nSPS) is 12.6. The van der Waals surface area contributed by atoms with Gasteiger partial charge in [0.2, 0.25) is 0 Å². The summed E-state index contributed by atoms with van der Waals surface area (Å²) >= 11 is 0. The third-order valence-corrected chi connectivity index (χ3v) is 5.65. The summed E-state index contributed by atoms with van der Waals surface area (Å²) in [6, 6.07) is 9.98. The second kappa shape index (κ2) is 13.4. The number of benzene rings is 2. The molecule has 2 atom stereocenters. The Morgan fingerprint density at radius 2 is 1.56 bits per heavy atom.